The van der Waals surface area contributed by atoms with Crippen LogP contribution in [0.25, 0.3) is 0 Å². The summed E-state index contributed by atoms with van der Waals surface area (Å²) in [6.45, 7) is 0.681. The number of hydrogen-bond donors (Lipinski definition) is 1. The van der Waals surface area contributed by atoms with Crippen LogP contribution in [0, 0.1) is 11.7 Å². The molecular weight excluding hydrogens is 367 g/mol. The Balaban J connectivity index is 1.63. The van der Waals surface area contributed by atoms with Gasteiger partial charge in [-0.25, -0.2) is 12.8 Å². The second-order valence-corrected chi connectivity index (χ2v) is 9.17. The Morgan fingerprint density at radius 3 is 2.52 bits per heavy atom. The van der Waals surface area contributed by atoms with Crippen LogP contribution >= 0.6 is 0 Å². The van der Waals surface area contributed by atoms with Crippen LogP contribution in [0.1, 0.15) is 30.4 Å². The van der Waals surface area contributed by atoms with Crippen molar-refractivity contribution in [3.63, 3.8) is 0 Å². The molecule has 1 saturated carbocycles. The first-order chi connectivity index (χ1) is 12.9. The quantitative estimate of drug-likeness (QED) is 0.826. The van der Waals surface area contributed by atoms with Crippen molar-refractivity contribution in [3.8, 4) is 0 Å². The van der Waals surface area contributed by atoms with Crippen molar-refractivity contribution < 1.29 is 17.6 Å². The summed E-state index contributed by atoms with van der Waals surface area (Å²) in [6.07, 6.45) is 2.96. The van der Waals surface area contributed by atoms with Gasteiger partial charge in [-0.15, -0.1) is 0 Å². The molecule has 1 N–H and O–H groups in total. The van der Waals surface area contributed by atoms with Crippen LogP contribution < -0.4 is 5.32 Å². The molecule has 1 amide bonds. The minimum atomic E-state index is -3.68. The van der Waals surface area contributed by atoms with Crippen molar-refractivity contribution in [3.05, 3.63) is 59.4 Å². The Kier molecular flexibility index (Phi) is 4.74. The van der Waals surface area contributed by atoms with Gasteiger partial charge in [0.15, 0.2) is 0 Å². The lowest BCUT2D eigenvalue weighted by Crippen LogP contribution is -2.32. The Morgan fingerprint density at radius 2 is 1.81 bits per heavy atom. The van der Waals surface area contributed by atoms with E-state index in [0.717, 1.165) is 24.0 Å². The molecular formula is C20H21FN2O3S. The molecule has 0 aromatic heterocycles. The van der Waals surface area contributed by atoms with E-state index in [4.69, 9.17) is 0 Å². The van der Waals surface area contributed by atoms with Crippen molar-refractivity contribution in [1.29, 1.82) is 0 Å². The summed E-state index contributed by atoms with van der Waals surface area (Å²) < 4.78 is 41.2. The molecule has 1 aliphatic carbocycles. The maximum absolute atomic E-state index is 13.3. The average molecular weight is 388 g/mol. The van der Waals surface area contributed by atoms with Gasteiger partial charge in [-0.2, -0.15) is 4.31 Å². The highest BCUT2D eigenvalue weighted by Gasteiger charge is 2.32. The first kappa shape index (κ1) is 18.1. The van der Waals surface area contributed by atoms with E-state index >= 15 is 0 Å². The second-order valence-electron chi connectivity index (χ2n) is 7.23. The molecule has 27 heavy (non-hydrogen) atoms. The number of carbonyl (C=O) groups excluding carboxylic acids is 1. The van der Waals surface area contributed by atoms with Crippen LogP contribution in [-0.2, 0) is 27.8 Å². The summed E-state index contributed by atoms with van der Waals surface area (Å²) in [5.74, 6) is -0.00556. The van der Waals surface area contributed by atoms with E-state index in [-0.39, 0.29) is 23.2 Å². The summed E-state index contributed by atoms with van der Waals surface area (Å²) in [6, 6.07) is 10.8. The van der Waals surface area contributed by atoms with Crippen LogP contribution in [0.4, 0.5) is 10.1 Å². The molecule has 0 spiro atoms. The van der Waals surface area contributed by atoms with Gasteiger partial charge in [0.1, 0.15) is 5.82 Å². The molecule has 0 atom stereocenters. The SMILES string of the molecule is O=C1CCc2cc(S(=O)(=O)N(Cc3ccc(F)cc3)CC3CC3)ccc2N1. The monoisotopic (exact) mass is 388 g/mol. The zero-order chi connectivity index (χ0) is 19.0. The van der Waals surface area contributed by atoms with Crippen LogP contribution in [0.5, 0.6) is 0 Å². The summed E-state index contributed by atoms with van der Waals surface area (Å²) in [4.78, 5) is 11.7. The zero-order valence-electron chi connectivity index (χ0n) is 14.8. The molecule has 7 heteroatoms. The number of sulfonamides is 1. The van der Waals surface area contributed by atoms with E-state index in [0.29, 0.717) is 31.0 Å². The van der Waals surface area contributed by atoms with Gasteiger partial charge >= 0.3 is 0 Å². The minimum absolute atomic E-state index is 0.0511. The normalized spacial score (nSPS) is 16.9. The largest absolute Gasteiger partial charge is 0.326 e. The maximum Gasteiger partial charge on any atom is 0.243 e. The van der Waals surface area contributed by atoms with Crippen LogP contribution in [-0.4, -0.2) is 25.2 Å². The lowest BCUT2D eigenvalue weighted by Gasteiger charge is -2.24. The maximum atomic E-state index is 13.3. The van der Waals surface area contributed by atoms with Gasteiger partial charge in [0.05, 0.1) is 4.90 Å². The van der Waals surface area contributed by atoms with Crippen molar-refractivity contribution in [2.24, 2.45) is 5.92 Å². The fourth-order valence-corrected chi connectivity index (χ4v) is 4.85. The lowest BCUT2D eigenvalue weighted by molar-refractivity contribution is -0.116. The Bertz CT molecular complexity index is 969. The number of amides is 1. The van der Waals surface area contributed by atoms with Gasteiger partial charge in [0.25, 0.3) is 0 Å². The van der Waals surface area contributed by atoms with Crippen LogP contribution in [0.2, 0.25) is 0 Å². The smallest absolute Gasteiger partial charge is 0.243 e. The number of hydrogen-bond acceptors (Lipinski definition) is 3. The summed E-state index contributed by atoms with van der Waals surface area (Å²) in [5, 5.41) is 2.77. The first-order valence-corrected chi connectivity index (χ1v) is 10.5. The number of halogens is 1. The van der Waals surface area contributed by atoms with Crippen LogP contribution in [0.3, 0.4) is 0 Å². The highest BCUT2D eigenvalue weighted by atomic mass is 32.2. The number of aryl methyl sites for hydroxylation is 1. The predicted molar refractivity (Wildman–Crippen MR) is 100 cm³/mol. The molecule has 0 unspecified atom stereocenters. The third kappa shape index (κ3) is 4.04. The number of anilines is 1. The standard InChI is InChI=1S/C20H21FN2O3S/c21-17-6-3-15(4-7-17)13-23(12-14-1-2-14)27(25,26)18-8-9-19-16(11-18)5-10-20(24)22-19/h3-4,6-9,11,14H,1-2,5,10,12-13H2,(H,22,24). The molecule has 0 saturated heterocycles. The Hall–Kier alpha value is -2.25. The van der Waals surface area contributed by atoms with E-state index in [9.17, 15) is 17.6 Å². The van der Waals surface area contributed by atoms with Crippen molar-refractivity contribution in [2.45, 2.75) is 37.1 Å². The second kappa shape index (κ2) is 7.05. The molecule has 142 valence electrons. The molecule has 0 radical (unpaired) electrons. The first-order valence-electron chi connectivity index (χ1n) is 9.09. The summed E-state index contributed by atoms with van der Waals surface area (Å²) in [7, 11) is -3.68. The van der Waals surface area contributed by atoms with Crippen molar-refractivity contribution >= 4 is 21.6 Å². The summed E-state index contributed by atoms with van der Waals surface area (Å²) in [5.41, 5.74) is 2.27. The third-order valence-corrected chi connectivity index (χ3v) is 6.85. The Morgan fingerprint density at radius 1 is 1.07 bits per heavy atom. The van der Waals surface area contributed by atoms with Crippen molar-refractivity contribution in [2.75, 3.05) is 11.9 Å². The lowest BCUT2D eigenvalue weighted by atomic mass is 10.0. The fourth-order valence-electron chi connectivity index (χ4n) is 3.30. The highest BCUT2D eigenvalue weighted by molar-refractivity contribution is 7.89. The fraction of sp³-hybridized carbons (Fsp3) is 0.350. The van der Waals surface area contributed by atoms with E-state index in [1.807, 2.05) is 0 Å². The van der Waals surface area contributed by atoms with E-state index in [1.165, 1.54) is 16.4 Å². The topological polar surface area (TPSA) is 66.5 Å². The molecule has 2 aromatic rings. The number of carbonyl (C=O) groups is 1. The van der Waals surface area contributed by atoms with Gasteiger partial charge in [-0.3, -0.25) is 4.79 Å². The molecule has 5 nitrogen and oxygen atoms in total. The van der Waals surface area contributed by atoms with Crippen LogP contribution in [0.15, 0.2) is 47.4 Å². The van der Waals surface area contributed by atoms with Crippen molar-refractivity contribution in [1.82, 2.24) is 4.31 Å². The number of nitrogens with one attached hydrogen (secondary N) is 1. The van der Waals surface area contributed by atoms with Gasteiger partial charge in [-0.05, 0) is 66.6 Å². The van der Waals surface area contributed by atoms with E-state index < -0.39 is 10.0 Å². The van der Waals surface area contributed by atoms with Gasteiger partial charge in [0, 0.05) is 25.2 Å². The number of fused-ring (bicyclic) bond motifs is 1. The predicted octanol–water partition coefficient (Wildman–Crippen LogP) is 3.31. The Labute approximate surface area is 158 Å². The molecule has 1 aliphatic heterocycles. The van der Waals surface area contributed by atoms with E-state index in [1.54, 1.807) is 30.3 Å². The molecule has 2 aliphatic rings. The zero-order valence-corrected chi connectivity index (χ0v) is 15.6. The highest BCUT2D eigenvalue weighted by Crippen LogP contribution is 2.33. The molecule has 0 bridgehead atoms. The number of nitrogens with zero attached hydrogens (tertiary/aromatic N) is 1. The third-order valence-electron chi connectivity index (χ3n) is 5.04. The van der Waals surface area contributed by atoms with Gasteiger partial charge in [-0.1, -0.05) is 12.1 Å². The summed E-state index contributed by atoms with van der Waals surface area (Å²) >= 11 is 0. The molecule has 1 heterocycles. The molecule has 2 aromatic carbocycles. The van der Waals surface area contributed by atoms with E-state index in [2.05, 4.69) is 5.32 Å². The average Bonchev–Trinajstić information content (AvgIpc) is 3.46. The number of benzene rings is 2. The van der Waals surface area contributed by atoms with Gasteiger partial charge < -0.3 is 5.32 Å². The minimum Gasteiger partial charge on any atom is -0.326 e. The van der Waals surface area contributed by atoms with Gasteiger partial charge in [0.2, 0.25) is 15.9 Å². The molecule has 4 rings (SSSR count). The number of rotatable bonds is 6. The molecule has 1 fully saturated rings.